The Morgan fingerprint density at radius 3 is 2.62 bits per heavy atom. The second-order valence-electron chi connectivity index (χ2n) is 6.15. The van der Waals surface area contributed by atoms with Gasteiger partial charge in [-0.2, -0.15) is 0 Å². The van der Waals surface area contributed by atoms with Gasteiger partial charge in [0.25, 0.3) is 0 Å². The fourth-order valence-corrected chi connectivity index (χ4v) is 2.70. The van der Waals surface area contributed by atoms with Crippen molar-refractivity contribution in [3.05, 3.63) is 35.4 Å². The van der Waals surface area contributed by atoms with Crippen LogP contribution in [0.4, 0.5) is 0 Å². The smallest absolute Gasteiger partial charge is 0.223 e. The van der Waals surface area contributed by atoms with E-state index in [4.69, 9.17) is 4.74 Å². The number of hydrogen-bond donors (Lipinski definition) is 0. The molecule has 1 fully saturated rings. The number of rotatable bonds is 4. The van der Waals surface area contributed by atoms with Crippen LogP contribution in [-0.4, -0.2) is 41.9 Å². The molecule has 4 heteroatoms. The third-order valence-corrected chi connectivity index (χ3v) is 3.96. The van der Waals surface area contributed by atoms with Crippen LogP contribution in [0.1, 0.15) is 42.6 Å². The molecule has 1 aliphatic heterocycles. The van der Waals surface area contributed by atoms with Gasteiger partial charge in [0, 0.05) is 24.9 Å². The molecule has 114 valence electrons. The SMILES string of the molecule is Cc1ccccc1C(=O)CCC(=O)N1CCOCC1(C)C. The van der Waals surface area contributed by atoms with Crippen molar-refractivity contribution in [2.45, 2.75) is 39.2 Å². The highest BCUT2D eigenvalue weighted by atomic mass is 16.5. The highest BCUT2D eigenvalue weighted by molar-refractivity contribution is 5.99. The molecular weight excluding hydrogens is 266 g/mol. The van der Waals surface area contributed by atoms with Gasteiger partial charge in [-0.15, -0.1) is 0 Å². The lowest BCUT2D eigenvalue weighted by Crippen LogP contribution is -2.55. The quantitative estimate of drug-likeness (QED) is 0.800. The monoisotopic (exact) mass is 289 g/mol. The molecule has 0 radical (unpaired) electrons. The van der Waals surface area contributed by atoms with Gasteiger partial charge in [0.05, 0.1) is 18.8 Å². The fourth-order valence-electron chi connectivity index (χ4n) is 2.70. The lowest BCUT2D eigenvalue weighted by Gasteiger charge is -2.42. The van der Waals surface area contributed by atoms with E-state index in [0.717, 1.165) is 5.56 Å². The number of hydrogen-bond acceptors (Lipinski definition) is 3. The Morgan fingerprint density at radius 1 is 1.24 bits per heavy atom. The van der Waals surface area contributed by atoms with Gasteiger partial charge < -0.3 is 9.64 Å². The first kappa shape index (κ1) is 15.7. The number of Topliss-reactive ketones (excluding diaryl/α,β-unsaturated/α-hetero) is 1. The fraction of sp³-hybridized carbons (Fsp3) is 0.529. The first-order valence-electron chi connectivity index (χ1n) is 7.39. The van der Waals surface area contributed by atoms with Crippen LogP contribution in [0.5, 0.6) is 0 Å². The summed E-state index contributed by atoms with van der Waals surface area (Å²) < 4.78 is 5.41. The molecule has 1 amide bonds. The summed E-state index contributed by atoms with van der Waals surface area (Å²) in [5, 5.41) is 0. The van der Waals surface area contributed by atoms with Gasteiger partial charge in [-0.25, -0.2) is 0 Å². The van der Waals surface area contributed by atoms with Crippen molar-refractivity contribution in [3.8, 4) is 0 Å². The Bertz CT molecular complexity index is 537. The van der Waals surface area contributed by atoms with Crippen LogP contribution in [-0.2, 0) is 9.53 Å². The van der Waals surface area contributed by atoms with Gasteiger partial charge in [0.1, 0.15) is 0 Å². The number of nitrogens with zero attached hydrogens (tertiary/aromatic N) is 1. The van der Waals surface area contributed by atoms with Crippen LogP contribution >= 0.6 is 0 Å². The number of ether oxygens (including phenoxy) is 1. The molecule has 0 atom stereocenters. The maximum atomic E-state index is 12.4. The summed E-state index contributed by atoms with van der Waals surface area (Å²) in [6.07, 6.45) is 0.522. The summed E-state index contributed by atoms with van der Waals surface area (Å²) in [4.78, 5) is 26.4. The molecule has 0 bridgehead atoms. The van der Waals surface area contributed by atoms with Gasteiger partial charge in [-0.05, 0) is 26.3 Å². The summed E-state index contributed by atoms with van der Waals surface area (Å²) in [6.45, 7) is 7.62. The Kier molecular flexibility index (Phi) is 4.78. The van der Waals surface area contributed by atoms with Gasteiger partial charge in [0.2, 0.25) is 5.91 Å². The van der Waals surface area contributed by atoms with Gasteiger partial charge in [-0.3, -0.25) is 9.59 Å². The number of aryl methyl sites for hydroxylation is 1. The van der Waals surface area contributed by atoms with Crippen LogP contribution in [0.25, 0.3) is 0 Å². The van der Waals surface area contributed by atoms with Gasteiger partial charge in [0.15, 0.2) is 5.78 Å². The van der Waals surface area contributed by atoms with Crippen LogP contribution in [0.3, 0.4) is 0 Å². The molecule has 1 saturated heterocycles. The van der Waals surface area contributed by atoms with E-state index >= 15 is 0 Å². The largest absolute Gasteiger partial charge is 0.377 e. The van der Waals surface area contributed by atoms with E-state index < -0.39 is 0 Å². The van der Waals surface area contributed by atoms with E-state index in [1.54, 1.807) is 0 Å². The number of morpholine rings is 1. The molecule has 0 aromatic heterocycles. The zero-order chi connectivity index (χ0) is 15.5. The van der Waals surface area contributed by atoms with E-state index in [1.165, 1.54) is 0 Å². The Morgan fingerprint density at radius 2 is 1.95 bits per heavy atom. The molecular formula is C17H23NO3. The van der Waals surface area contributed by atoms with E-state index in [2.05, 4.69) is 0 Å². The topological polar surface area (TPSA) is 46.6 Å². The molecule has 1 aromatic rings. The van der Waals surface area contributed by atoms with Crippen molar-refractivity contribution < 1.29 is 14.3 Å². The van der Waals surface area contributed by atoms with E-state index in [9.17, 15) is 9.59 Å². The lowest BCUT2D eigenvalue weighted by atomic mass is 9.99. The van der Waals surface area contributed by atoms with Crippen molar-refractivity contribution in [1.82, 2.24) is 4.90 Å². The maximum absolute atomic E-state index is 12.4. The zero-order valence-corrected chi connectivity index (χ0v) is 13.0. The average molecular weight is 289 g/mol. The Hall–Kier alpha value is -1.68. The second-order valence-corrected chi connectivity index (χ2v) is 6.15. The van der Waals surface area contributed by atoms with E-state index in [-0.39, 0.29) is 30.1 Å². The summed E-state index contributed by atoms with van der Waals surface area (Å²) in [5.41, 5.74) is 1.38. The Labute approximate surface area is 126 Å². The molecule has 4 nitrogen and oxygen atoms in total. The number of ketones is 1. The standard InChI is InChI=1S/C17H23NO3/c1-13-6-4-5-7-14(13)15(19)8-9-16(20)18-10-11-21-12-17(18,2)3/h4-7H,8-12H2,1-3H3. The summed E-state index contributed by atoms with van der Waals surface area (Å²) in [5.74, 6) is 0.0674. The molecule has 2 rings (SSSR count). The highest BCUT2D eigenvalue weighted by Gasteiger charge is 2.33. The van der Waals surface area contributed by atoms with Crippen LogP contribution in [0, 0.1) is 6.92 Å². The van der Waals surface area contributed by atoms with Crippen molar-refractivity contribution >= 4 is 11.7 Å². The molecule has 1 aliphatic rings. The minimum atomic E-state index is -0.291. The van der Waals surface area contributed by atoms with Crippen molar-refractivity contribution in [2.24, 2.45) is 0 Å². The predicted molar refractivity (Wildman–Crippen MR) is 81.4 cm³/mol. The van der Waals surface area contributed by atoms with Gasteiger partial charge in [-0.1, -0.05) is 24.3 Å². The van der Waals surface area contributed by atoms with Crippen LogP contribution < -0.4 is 0 Å². The second kappa shape index (κ2) is 6.39. The number of carbonyl (C=O) groups is 2. The normalized spacial score (nSPS) is 17.6. The first-order valence-corrected chi connectivity index (χ1v) is 7.39. The lowest BCUT2D eigenvalue weighted by molar-refractivity contribution is -0.146. The summed E-state index contributed by atoms with van der Waals surface area (Å²) in [7, 11) is 0. The van der Waals surface area contributed by atoms with Crippen molar-refractivity contribution in [1.29, 1.82) is 0 Å². The van der Waals surface area contributed by atoms with Crippen LogP contribution in [0.2, 0.25) is 0 Å². The first-order chi connectivity index (χ1) is 9.92. The number of benzene rings is 1. The zero-order valence-electron chi connectivity index (χ0n) is 13.0. The Balaban J connectivity index is 1.95. The molecule has 21 heavy (non-hydrogen) atoms. The number of amides is 1. The highest BCUT2D eigenvalue weighted by Crippen LogP contribution is 2.21. The minimum absolute atomic E-state index is 0.0326. The third-order valence-electron chi connectivity index (χ3n) is 3.96. The van der Waals surface area contributed by atoms with Crippen LogP contribution in [0.15, 0.2) is 24.3 Å². The van der Waals surface area contributed by atoms with E-state index in [0.29, 0.717) is 25.3 Å². The van der Waals surface area contributed by atoms with E-state index in [1.807, 2.05) is 49.9 Å². The van der Waals surface area contributed by atoms with Crippen molar-refractivity contribution in [3.63, 3.8) is 0 Å². The number of carbonyl (C=O) groups excluding carboxylic acids is 2. The summed E-state index contributed by atoms with van der Waals surface area (Å²) in [6, 6.07) is 7.50. The minimum Gasteiger partial charge on any atom is -0.377 e. The van der Waals surface area contributed by atoms with Crippen molar-refractivity contribution in [2.75, 3.05) is 19.8 Å². The molecule has 0 unspecified atom stereocenters. The molecule has 1 heterocycles. The van der Waals surface area contributed by atoms with Gasteiger partial charge >= 0.3 is 0 Å². The molecule has 0 aliphatic carbocycles. The predicted octanol–water partition coefficient (Wildman–Crippen LogP) is 2.60. The molecule has 1 aromatic carbocycles. The summed E-state index contributed by atoms with van der Waals surface area (Å²) >= 11 is 0. The molecule has 0 saturated carbocycles. The maximum Gasteiger partial charge on any atom is 0.223 e. The average Bonchev–Trinajstić information content (AvgIpc) is 2.44. The third kappa shape index (κ3) is 3.70. The molecule has 0 N–H and O–H groups in total. The molecule has 0 spiro atoms.